The summed E-state index contributed by atoms with van der Waals surface area (Å²) in [6, 6.07) is 2.11. The van der Waals surface area contributed by atoms with Crippen LogP contribution in [0.3, 0.4) is 0 Å². The van der Waals surface area contributed by atoms with Crippen molar-refractivity contribution < 1.29 is 0 Å². The predicted molar refractivity (Wildman–Crippen MR) is 69.3 cm³/mol. The van der Waals surface area contributed by atoms with E-state index in [1.165, 1.54) is 9.75 Å². The largest absolute Gasteiger partial charge is 0.233 e. The van der Waals surface area contributed by atoms with E-state index in [0.717, 1.165) is 22.6 Å². The van der Waals surface area contributed by atoms with Crippen molar-refractivity contribution in [2.75, 3.05) is 0 Å². The fraction of sp³-hybridized carbons (Fsp3) is 0.333. The molecule has 16 heavy (non-hydrogen) atoms. The van der Waals surface area contributed by atoms with Crippen molar-refractivity contribution in [2.45, 2.75) is 27.7 Å². The van der Waals surface area contributed by atoms with Gasteiger partial charge in [0.05, 0.1) is 0 Å². The summed E-state index contributed by atoms with van der Waals surface area (Å²) in [6.45, 7) is 8.07. The maximum Gasteiger partial charge on any atom is 0.162 e. The molecule has 0 N–H and O–H groups in total. The monoisotopic (exact) mass is 252 g/mol. The van der Waals surface area contributed by atoms with Crippen LogP contribution in [0, 0.1) is 27.7 Å². The van der Waals surface area contributed by atoms with E-state index >= 15 is 0 Å². The summed E-state index contributed by atoms with van der Waals surface area (Å²) >= 11 is 7.84. The van der Waals surface area contributed by atoms with E-state index in [2.05, 4.69) is 29.9 Å². The molecule has 0 aliphatic carbocycles. The van der Waals surface area contributed by atoms with Gasteiger partial charge in [-0.2, -0.15) is 0 Å². The summed E-state index contributed by atoms with van der Waals surface area (Å²) in [5, 5.41) is 0.547. The molecule has 2 heterocycles. The first-order chi connectivity index (χ1) is 7.49. The highest BCUT2D eigenvalue weighted by atomic mass is 35.5. The number of rotatable bonds is 1. The Hall–Kier alpha value is -0.930. The topological polar surface area (TPSA) is 25.8 Å². The molecule has 0 radical (unpaired) electrons. The Bertz CT molecular complexity index is 523. The van der Waals surface area contributed by atoms with Gasteiger partial charge in [-0.15, -0.1) is 11.3 Å². The maximum absolute atomic E-state index is 6.08. The van der Waals surface area contributed by atoms with Crippen molar-refractivity contribution in [1.82, 2.24) is 9.97 Å². The molecule has 84 valence electrons. The quantitative estimate of drug-likeness (QED) is 0.715. The smallest absolute Gasteiger partial charge is 0.162 e. The van der Waals surface area contributed by atoms with Crippen molar-refractivity contribution >= 4 is 22.9 Å². The minimum absolute atomic E-state index is 0.547. The second-order valence-electron chi connectivity index (χ2n) is 3.88. The van der Waals surface area contributed by atoms with E-state index in [4.69, 9.17) is 11.6 Å². The Labute approximate surface area is 104 Å². The van der Waals surface area contributed by atoms with Gasteiger partial charge in [0.15, 0.2) is 5.82 Å². The molecule has 0 spiro atoms. The average molecular weight is 253 g/mol. The van der Waals surface area contributed by atoms with Gasteiger partial charge >= 0.3 is 0 Å². The lowest BCUT2D eigenvalue weighted by atomic mass is 10.2. The van der Waals surface area contributed by atoms with Gasteiger partial charge in [0.1, 0.15) is 5.15 Å². The Kier molecular flexibility index (Phi) is 3.00. The Balaban J connectivity index is 2.61. The highest BCUT2D eigenvalue weighted by Gasteiger charge is 2.11. The first-order valence-corrected chi connectivity index (χ1v) is 6.26. The van der Waals surface area contributed by atoms with Crippen molar-refractivity contribution in [3.05, 3.63) is 32.2 Å². The van der Waals surface area contributed by atoms with Gasteiger partial charge in [-0.1, -0.05) is 11.6 Å². The van der Waals surface area contributed by atoms with Gasteiger partial charge < -0.3 is 0 Å². The van der Waals surface area contributed by atoms with Crippen molar-refractivity contribution in [1.29, 1.82) is 0 Å². The third-order valence-corrected chi connectivity index (χ3v) is 3.95. The third kappa shape index (κ3) is 1.97. The summed E-state index contributed by atoms with van der Waals surface area (Å²) < 4.78 is 0. The van der Waals surface area contributed by atoms with E-state index in [0.29, 0.717) is 5.15 Å². The number of hydrogen-bond donors (Lipinski definition) is 0. The van der Waals surface area contributed by atoms with E-state index in [9.17, 15) is 0 Å². The molecular formula is C12H13ClN2S. The third-order valence-electron chi connectivity index (χ3n) is 2.61. The SMILES string of the molecule is Cc1cc(-c2nc(C)c(C)c(Cl)n2)c(C)s1. The van der Waals surface area contributed by atoms with Crippen LogP contribution in [0.4, 0.5) is 0 Å². The molecule has 0 aliphatic rings. The first kappa shape index (κ1) is 11.6. The molecule has 0 unspecified atom stereocenters. The highest BCUT2D eigenvalue weighted by molar-refractivity contribution is 7.12. The number of nitrogens with zero attached hydrogens (tertiary/aromatic N) is 2. The zero-order valence-corrected chi connectivity index (χ0v) is 11.3. The van der Waals surface area contributed by atoms with Crippen LogP contribution in [0.15, 0.2) is 6.07 Å². The number of thiophene rings is 1. The highest BCUT2D eigenvalue weighted by Crippen LogP contribution is 2.29. The van der Waals surface area contributed by atoms with Gasteiger partial charge in [0, 0.05) is 26.6 Å². The molecule has 2 rings (SSSR count). The maximum atomic E-state index is 6.08. The van der Waals surface area contributed by atoms with Gasteiger partial charge in [-0.25, -0.2) is 9.97 Å². The fourth-order valence-electron chi connectivity index (χ4n) is 1.57. The number of aromatic nitrogens is 2. The normalized spacial score (nSPS) is 10.8. The second-order valence-corrected chi connectivity index (χ2v) is 5.69. The summed E-state index contributed by atoms with van der Waals surface area (Å²) in [6.07, 6.45) is 0. The minimum Gasteiger partial charge on any atom is -0.233 e. The lowest BCUT2D eigenvalue weighted by Gasteiger charge is -2.05. The predicted octanol–water partition coefficient (Wildman–Crippen LogP) is 4.09. The number of aryl methyl sites for hydroxylation is 3. The van der Waals surface area contributed by atoms with Crippen LogP contribution >= 0.6 is 22.9 Å². The van der Waals surface area contributed by atoms with Crippen LogP contribution in [0.1, 0.15) is 21.0 Å². The molecule has 2 aromatic rings. The van der Waals surface area contributed by atoms with Crippen LogP contribution < -0.4 is 0 Å². The zero-order chi connectivity index (χ0) is 11.9. The zero-order valence-electron chi connectivity index (χ0n) is 9.76. The Morgan fingerprint density at radius 2 is 1.81 bits per heavy atom. The molecule has 0 atom stereocenters. The molecule has 0 saturated heterocycles. The van der Waals surface area contributed by atoms with Gasteiger partial charge in [0.25, 0.3) is 0 Å². The van der Waals surface area contributed by atoms with Crippen molar-refractivity contribution in [2.24, 2.45) is 0 Å². The molecule has 0 fully saturated rings. The molecule has 2 aromatic heterocycles. The first-order valence-electron chi connectivity index (χ1n) is 5.07. The molecule has 0 bridgehead atoms. The summed E-state index contributed by atoms with van der Waals surface area (Å²) in [4.78, 5) is 11.3. The molecule has 0 amide bonds. The van der Waals surface area contributed by atoms with Crippen molar-refractivity contribution in [3.8, 4) is 11.4 Å². The van der Waals surface area contributed by atoms with Crippen LogP contribution in [0.2, 0.25) is 5.15 Å². The molecular weight excluding hydrogens is 240 g/mol. The second kappa shape index (κ2) is 4.15. The van der Waals surface area contributed by atoms with Crippen LogP contribution in [-0.4, -0.2) is 9.97 Å². The van der Waals surface area contributed by atoms with Gasteiger partial charge in [0.2, 0.25) is 0 Å². The number of halogens is 1. The minimum atomic E-state index is 0.547. The summed E-state index contributed by atoms with van der Waals surface area (Å²) in [5.41, 5.74) is 2.99. The van der Waals surface area contributed by atoms with E-state index in [1.54, 1.807) is 11.3 Å². The lowest BCUT2D eigenvalue weighted by molar-refractivity contribution is 1.07. The van der Waals surface area contributed by atoms with Crippen LogP contribution in [0.25, 0.3) is 11.4 Å². The van der Waals surface area contributed by atoms with Crippen LogP contribution in [-0.2, 0) is 0 Å². The van der Waals surface area contributed by atoms with E-state index < -0.39 is 0 Å². The Morgan fingerprint density at radius 1 is 1.12 bits per heavy atom. The molecule has 2 nitrogen and oxygen atoms in total. The van der Waals surface area contributed by atoms with Crippen molar-refractivity contribution in [3.63, 3.8) is 0 Å². The fourth-order valence-corrected chi connectivity index (χ4v) is 2.70. The summed E-state index contributed by atoms with van der Waals surface area (Å²) in [7, 11) is 0. The van der Waals surface area contributed by atoms with Gasteiger partial charge in [-0.3, -0.25) is 0 Å². The lowest BCUT2D eigenvalue weighted by Crippen LogP contribution is -1.96. The average Bonchev–Trinajstić information content (AvgIpc) is 2.53. The number of hydrogen-bond acceptors (Lipinski definition) is 3. The van der Waals surface area contributed by atoms with E-state index in [-0.39, 0.29) is 0 Å². The Morgan fingerprint density at radius 3 is 2.31 bits per heavy atom. The standard InChI is InChI=1S/C12H13ClN2S/c1-6-5-10(9(4)16-6)12-14-8(3)7(2)11(13)15-12/h5H,1-4H3. The van der Waals surface area contributed by atoms with Gasteiger partial charge in [-0.05, 0) is 33.8 Å². The van der Waals surface area contributed by atoms with E-state index in [1.807, 2.05) is 13.8 Å². The van der Waals surface area contributed by atoms with Crippen LogP contribution in [0.5, 0.6) is 0 Å². The molecule has 4 heteroatoms. The molecule has 0 aliphatic heterocycles. The molecule has 0 aromatic carbocycles. The molecule has 0 saturated carbocycles. The summed E-state index contributed by atoms with van der Waals surface area (Å²) in [5.74, 6) is 0.731.